The molecule has 0 aromatic rings. The average molecular weight is 1070 g/mol. The molecule has 21 heteroatoms. The van der Waals surface area contributed by atoms with Gasteiger partial charge in [-0.2, -0.15) is 0 Å². The van der Waals surface area contributed by atoms with Crippen molar-refractivity contribution in [3.05, 3.63) is 24.3 Å². The summed E-state index contributed by atoms with van der Waals surface area (Å²) in [5, 5.41) is 20.5. The average Bonchev–Trinajstić information content (AvgIpc) is 4.32. The van der Waals surface area contributed by atoms with Crippen LogP contribution in [0.2, 0.25) is 0 Å². The van der Waals surface area contributed by atoms with Crippen molar-refractivity contribution in [1.29, 1.82) is 0 Å². The van der Waals surface area contributed by atoms with Crippen molar-refractivity contribution in [3.8, 4) is 0 Å². The first-order valence-corrected chi connectivity index (χ1v) is 29.0. The lowest BCUT2D eigenvalue weighted by molar-refractivity contribution is -0.360. The molecule has 0 aromatic heterocycles. The Morgan fingerprint density at radius 3 is 2.04 bits per heavy atom. The standard InChI is InChI=1S/C55H79N3O18/c1-22-10-25-4-6-31-23(2)11-27(62-31)8-9-53-19-39-49(75-53)50-51(68-39)52(76-53)48-32(66-50)7-5-26(64-48)12-42(61)70-47-35(14-33(63-25)24(22)3)65-36-15-34-38(67-46(36)43(47)58)18-55(71-34)20-40-45(74-55)29(57)17-54(73-40)16-28(56)44-37(72-54)13-30(60)41(21-59)69-44/h22,25-41,43-52,59-60H,2-21,56-58H2,1H3/t22-,25?,26?,27+,28+,29+,30-,31+,32+,33?,34-,35+,36+,37+,38-,39?,40+,41-,43+,44+,45+,46-,47+,48+,49+,50+,51-,52+,53+,54-,55+/m1/s1. The van der Waals surface area contributed by atoms with Crippen LogP contribution in [-0.4, -0.2) is 205 Å². The minimum Gasteiger partial charge on any atom is -0.458 e. The van der Waals surface area contributed by atoms with Crippen LogP contribution in [-0.2, 0) is 75.8 Å². The monoisotopic (exact) mass is 1070 g/mol. The fraction of sp³-hybridized carbons (Fsp3) is 0.909. The second-order valence-corrected chi connectivity index (χ2v) is 25.7. The first-order valence-electron chi connectivity index (χ1n) is 29.0. The lowest BCUT2D eigenvalue weighted by Crippen LogP contribution is -2.68. The molecule has 0 aromatic carbocycles. The summed E-state index contributed by atoms with van der Waals surface area (Å²) in [5.41, 5.74) is 23.1. The first kappa shape index (κ1) is 51.1. The summed E-state index contributed by atoms with van der Waals surface area (Å²) >= 11 is 0. The van der Waals surface area contributed by atoms with Crippen LogP contribution in [0.15, 0.2) is 24.3 Å². The van der Waals surface area contributed by atoms with Crippen molar-refractivity contribution in [2.24, 2.45) is 23.1 Å². The molecular formula is C55H79N3O18. The zero-order chi connectivity index (χ0) is 51.7. The molecule has 16 rings (SSSR count). The van der Waals surface area contributed by atoms with E-state index < -0.39 is 133 Å². The third kappa shape index (κ3) is 8.52. The number of ether oxygens (including phenoxy) is 15. The van der Waals surface area contributed by atoms with Crippen LogP contribution in [0, 0.1) is 5.92 Å². The predicted octanol–water partition coefficient (Wildman–Crippen LogP) is 1.25. The number of hydrogen-bond acceptors (Lipinski definition) is 21. The number of aliphatic hydroxyl groups excluding tert-OH is 2. The fourth-order valence-corrected chi connectivity index (χ4v) is 17.0. The van der Waals surface area contributed by atoms with E-state index in [2.05, 4.69) is 20.1 Å². The van der Waals surface area contributed by atoms with Gasteiger partial charge >= 0.3 is 5.97 Å². The van der Waals surface area contributed by atoms with Crippen molar-refractivity contribution in [3.63, 3.8) is 0 Å². The summed E-state index contributed by atoms with van der Waals surface area (Å²) in [6.45, 7) is 10.9. The van der Waals surface area contributed by atoms with Crippen LogP contribution in [0.5, 0.6) is 0 Å². The van der Waals surface area contributed by atoms with Gasteiger partial charge in [0.2, 0.25) is 0 Å². The maximum atomic E-state index is 14.5. The van der Waals surface area contributed by atoms with Crippen molar-refractivity contribution in [2.75, 3.05) is 6.61 Å². The molecule has 0 radical (unpaired) electrons. The number of aliphatic hydroxyl groups is 2. The van der Waals surface area contributed by atoms with Gasteiger partial charge in [0.25, 0.3) is 0 Å². The normalized spacial score (nSPS) is 59.3. The minimum absolute atomic E-state index is 0.00158. The highest BCUT2D eigenvalue weighted by atomic mass is 16.8. The van der Waals surface area contributed by atoms with E-state index in [0.29, 0.717) is 64.2 Å². The third-order valence-electron chi connectivity index (χ3n) is 20.7. The zero-order valence-electron chi connectivity index (χ0n) is 43.5. The van der Waals surface area contributed by atoms with Crippen molar-refractivity contribution in [1.82, 2.24) is 0 Å². The lowest BCUT2D eigenvalue weighted by Gasteiger charge is -2.54. The van der Waals surface area contributed by atoms with Gasteiger partial charge in [-0.15, -0.1) is 0 Å². The number of nitrogens with two attached hydrogens (primary N) is 3. The largest absolute Gasteiger partial charge is 0.458 e. The van der Waals surface area contributed by atoms with Crippen LogP contribution in [0.1, 0.15) is 116 Å². The van der Waals surface area contributed by atoms with Gasteiger partial charge in [0.15, 0.2) is 17.4 Å². The van der Waals surface area contributed by atoms with Crippen molar-refractivity contribution < 1.29 is 86.1 Å². The van der Waals surface area contributed by atoms with Gasteiger partial charge in [-0.3, -0.25) is 4.79 Å². The predicted molar refractivity (Wildman–Crippen MR) is 260 cm³/mol. The highest BCUT2D eigenvalue weighted by molar-refractivity contribution is 5.70. The molecule has 4 unspecified atom stereocenters. The van der Waals surface area contributed by atoms with Gasteiger partial charge in [0.05, 0.1) is 111 Å². The Hall–Kier alpha value is -1.81. The Morgan fingerprint density at radius 2 is 1.18 bits per heavy atom. The minimum atomic E-state index is -1.11. The van der Waals surface area contributed by atoms with Gasteiger partial charge in [-0.05, 0) is 62.0 Å². The van der Waals surface area contributed by atoms with Crippen LogP contribution in [0.25, 0.3) is 0 Å². The number of hydrogen-bond donors (Lipinski definition) is 5. The molecule has 12 bridgehead atoms. The maximum absolute atomic E-state index is 14.5. The maximum Gasteiger partial charge on any atom is 0.308 e. The number of carbonyl (C=O) groups is 1. The quantitative estimate of drug-likeness (QED) is 0.183. The van der Waals surface area contributed by atoms with Crippen LogP contribution in [0.4, 0.5) is 0 Å². The number of esters is 1. The van der Waals surface area contributed by atoms with Gasteiger partial charge in [0.1, 0.15) is 54.9 Å². The Labute approximate surface area is 442 Å². The van der Waals surface area contributed by atoms with Crippen LogP contribution >= 0.6 is 0 Å². The molecule has 16 aliphatic rings. The molecule has 3 spiro atoms. The molecule has 0 amide bonds. The zero-order valence-corrected chi connectivity index (χ0v) is 43.5. The Balaban J connectivity index is 0.669. The molecule has 0 saturated carbocycles. The van der Waals surface area contributed by atoms with Gasteiger partial charge in [-0.25, -0.2) is 0 Å². The Kier molecular flexibility index (Phi) is 12.7. The lowest BCUT2D eigenvalue weighted by atomic mass is 9.81. The number of carbonyl (C=O) groups excluding carboxylic acids is 1. The Bertz CT molecular complexity index is 2290. The SMILES string of the molecule is C=C1C2C[C@@H]3O[C@H]4C[C@H]5O[C@@]6(C[C@@H]7O[C@]8(C[C@H](N)[C@@H]9O[C@H](CO)[C@H](O)C[C@@H]9O8)C[C@H](N)[C@@H]7O6)C[C@H]5O[C@H]4[C@H](N)[C@H]3OC(=O)CC3CC[C@@H]4O[C@@H]5[C@H]6OC7C[C@](CC[C@H]8CC(=C)[C@H](CCC(C[C@H]1C)O2)O8)(O[C@H]6[C@H]4O3)O[C@@H]75. The fourth-order valence-electron chi connectivity index (χ4n) is 17.0. The van der Waals surface area contributed by atoms with Gasteiger partial charge in [-0.1, -0.05) is 20.1 Å². The molecule has 422 valence electrons. The van der Waals surface area contributed by atoms with E-state index in [1.54, 1.807) is 0 Å². The molecule has 31 atom stereocenters. The Morgan fingerprint density at radius 1 is 0.513 bits per heavy atom. The van der Waals surface area contributed by atoms with Gasteiger partial charge < -0.3 is 98.5 Å². The van der Waals surface area contributed by atoms with E-state index in [9.17, 15) is 15.0 Å². The van der Waals surface area contributed by atoms with Crippen LogP contribution < -0.4 is 17.2 Å². The number of fused-ring (bicyclic) bond motifs is 10. The molecule has 8 N–H and O–H groups in total. The summed E-state index contributed by atoms with van der Waals surface area (Å²) in [7, 11) is 0. The van der Waals surface area contributed by atoms with Gasteiger partial charge in [0, 0.05) is 69.9 Å². The second kappa shape index (κ2) is 18.9. The van der Waals surface area contributed by atoms with E-state index in [1.807, 2.05) is 0 Å². The second-order valence-electron chi connectivity index (χ2n) is 25.7. The highest BCUT2D eigenvalue weighted by Gasteiger charge is 2.70. The van der Waals surface area contributed by atoms with E-state index in [4.69, 9.17) is 88.3 Å². The molecule has 16 saturated heterocycles. The van der Waals surface area contributed by atoms with E-state index in [1.165, 1.54) is 0 Å². The molecule has 21 nitrogen and oxygen atoms in total. The van der Waals surface area contributed by atoms with Crippen LogP contribution in [0.3, 0.4) is 0 Å². The molecule has 0 aliphatic carbocycles. The third-order valence-corrected chi connectivity index (χ3v) is 20.7. The smallest absolute Gasteiger partial charge is 0.308 e. The molecule has 76 heavy (non-hydrogen) atoms. The first-order chi connectivity index (χ1) is 36.6. The molecule has 16 fully saturated rings. The summed E-state index contributed by atoms with van der Waals surface area (Å²) in [5.74, 6) is -3.28. The topological polar surface area (TPSA) is 274 Å². The summed E-state index contributed by atoms with van der Waals surface area (Å²) in [6.07, 6.45) is -1.06. The molecular weight excluding hydrogens is 991 g/mol. The number of rotatable bonds is 1. The van der Waals surface area contributed by atoms with E-state index in [0.717, 1.165) is 43.3 Å². The summed E-state index contributed by atoms with van der Waals surface area (Å²) in [4.78, 5) is 14.5. The van der Waals surface area contributed by atoms with E-state index in [-0.39, 0.29) is 80.3 Å². The summed E-state index contributed by atoms with van der Waals surface area (Å²) < 4.78 is 102. The van der Waals surface area contributed by atoms with E-state index >= 15 is 0 Å². The highest BCUT2D eigenvalue weighted by Crippen LogP contribution is 2.56. The van der Waals surface area contributed by atoms with Crippen molar-refractivity contribution in [2.45, 2.75) is 298 Å². The molecule has 16 aliphatic heterocycles. The summed E-state index contributed by atoms with van der Waals surface area (Å²) in [6, 6.07) is -1.69. The molecule has 16 heterocycles. The van der Waals surface area contributed by atoms with Crippen molar-refractivity contribution >= 4 is 5.97 Å².